The Balaban J connectivity index is 2.11. The Kier molecular flexibility index (Phi) is 4.34. The van der Waals surface area contributed by atoms with E-state index in [1.165, 1.54) is 6.21 Å². The topological polar surface area (TPSA) is 63.9 Å². The van der Waals surface area contributed by atoms with E-state index in [0.29, 0.717) is 18.1 Å². The third-order valence-electron chi connectivity index (χ3n) is 2.51. The quantitative estimate of drug-likeness (QED) is 0.508. The Hall–Kier alpha value is -2.56. The van der Waals surface area contributed by atoms with Gasteiger partial charge in [0.05, 0.1) is 13.3 Å². The van der Waals surface area contributed by atoms with Crippen LogP contribution in [0.3, 0.4) is 0 Å². The Morgan fingerprint density at radius 1 is 1.32 bits per heavy atom. The molecular formula is C14H14N2O3. The molecule has 0 aliphatic heterocycles. The number of oxime groups is 1. The number of methoxy groups -OCH3 is 1. The summed E-state index contributed by atoms with van der Waals surface area (Å²) in [6.07, 6.45) is 4.79. The molecule has 1 aromatic heterocycles. The van der Waals surface area contributed by atoms with E-state index in [4.69, 9.17) is 14.7 Å². The zero-order valence-electron chi connectivity index (χ0n) is 10.5. The van der Waals surface area contributed by atoms with Crippen LogP contribution in [0.25, 0.3) is 0 Å². The van der Waals surface area contributed by atoms with Crippen molar-refractivity contribution in [2.75, 3.05) is 7.11 Å². The van der Waals surface area contributed by atoms with Gasteiger partial charge in [-0.1, -0.05) is 11.2 Å². The average Bonchev–Trinajstić information content (AvgIpc) is 2.47. The van der Waals surface area contributed by atoms with Crippen LogP contribution in [0.15, 0.2) is 47.9 Å². The summed E-state index contributed by atoms with van der Waals surface area (Å²) in [5.41, 5.74) is 1.71. The molecule has 1 heterocycles. The summed E-state index contributed by atoms with van der Waals surface area (Å²) < 4.78 is 10.9. The molecule has 2 rings (SSSR count). The monoisotopic (exact) mass is 258 g/mol. The average molecular weight is 258 g/mol. The number of ether oxygens (including phenoxy) is 2. The van der Waals surface area contributed by atoms with Gasteiger partial charge in [0, 0.05) is 23.5 Å². The second kappa shape index (κ2) is 6.39. The fraction of sp³-hybridized carbons (Fsp3) is 0.143. The largest absolute Gasteiger partial charge is 0.493 e. The van der Waals surface area contributed by atoms with Crippen molar-refractivity contribution < 1.29 is 14.7 Å². The molecule has 5 nitrogen and oxygen atoms in total. The second-order valence-electron chi connectivity index (χ2n) is 3.80. The summed E-state index contributed by atoms with van der Waals surface area (Å²) in [5.74, 6) is 1.21. The molecule has 0 atom stereocenters. The molecule has 98 valence electrons. The summed E-state index contributed by atoms with van der Waals surface area (Å²) in [6.45, 7) is 0.414. The van der Waals surface area contributed by atoms with E-state index in [-0.39, 0.29) is 0 Å². The summed E-state index contributed by atoms with van der Waals surface area (Å²) in [7, 11) is 1.56. The molecule has 0 spiro atoms. The predicted octanol–water partition coefficient (Wildman–Crippen LogP) is 2.48. The van der Waals surface area contributed by atoms with Crippen molar-refractivity contribution in [2.24, 2.45) is 5.16 Å². The van der Waals surface area contributed by atoms with E-state index in [1.54, 1.807) is 37.7 Å². The third-order valence-corrected chi connectivity index (χ3v) is 2.51. The lowest BCUT2D eigenvalue weighted by molar-refractivity contribution is 0.284. The number of aromatic nitrogens is 1. The summed E-state index contributed by atoms with van der Waals surface area (Å²) >= 11 is 0. The van der Waals surface area contributed by atoms with Crippen LogP contribution in [0.5, 0.6) is 11.5 Å². The summed E-state index contributed by atoms with van der Waals surface area (Å²) in [6, 6.07) is 9.08. The Morgan fingerprint density at radius 2 is 2.21 bits per heavy atom. The highest BCUT2D eigenvalue weighted by Crippen LogP contribution is 2.28. The van der Waals surface area contributed by atoms with Crippen LogP contribution in [-0.4, -0.2) is 23.5 Å². The van der Waals surface area contributed by atoms with E-state index < -0.39 is 0 Å². The van der Waals surface area contributed by atoms with Crippen LogP contribution in [0.4, 0.5) is 0 Å². The zero-order valence-corrected chi connectivity index (χ0v) is 10.5. The van der Waals surface area contributed by atoms with Gasteiger partial charge in [-0.25, -0.2) is 0 Å². The van der Waals surface area contributed by atoms with Gasteiger partial charge >= 0.3 is 0 Å². The first kappa shape index (κ1) is 12.9. The van der Waals surface area contributed by atoms with Crippen molar-refractivity contribution >= 4 is 6.21 Å². The first-order valence-electron chi connectivity index (χ1n) is 5.70. The molecule has 0 saturated carbocycles. The molecule has 0 radical (unpaired) electrons. The number of hydrogen-bond acceptors (Lipinski definition) is 5. The van der Waals surface area contributed by atoms with E-state index in [1.807, 2.05) is 12.1 Å². The van der Waals surface area contributed by atoms with Crippen LogP contribution in [-0.2, 0) is 6.61 Å². The van der Waals surface area contributed by atoms with Crippen LogP contribution in [0.2, 0.25) is 0 Å². The third kappa shape index (κ3) is 3.45. The molecule has 0 aliphatic carbocycles. The van der Waals surface area contributed by atoms with E-state index in [0.717, 1.165) is 11.1 Å². The lowest BCUT2D eigenvalue weighted by atomic mass is 10.2. The summed E-state index contributed by atoms with van der Waals surface area (Å²) in [5, 5.41) is 11.5. The highest BCUT2D eigenvalue weighted by molar-refractivity contribution is 5.80. The van der Waals surface area contributed by atoms with Gasteiger partial charge in [0.1, 0.15) is 6.61 Å². The van der Waals surface area contributed by atoms with Gasteiger partial charge in [0.15, 0.2) is 11.5 Å². The first-order chi connectivity index (χ1) is 9.33. The molecule has 0 bridgehead atoms. The van der Waals surface area contributed by atoms with Gasteiger partial charge in [-0.3, -0.25) is 4.98 Å². The van der Waals surface area contributed by atoms with Crippen LogP contribution < -0.4 is 9.47 Å². The number of benzene rings is 1. The van der Waals surface area contributed by atoms with Gasteiger partial charge < -0.3 is 14.7 Å². The number of hydrogen-bond donors (Lipinski definition) is 1. The Labute approximate surface area is 111 Å². The van der Waals surface area contributed by atoms with E-state index >= 15 is 0 Å². The van der Waals surface area contributed by atoms with Crippen LogP contribution >= 0.6 is 0 Å². The first-order valence-corrected chi connectivity index (χ1v) is 5.70. The summed E-state index contributed by atoms with van der Waals surface area (Å²) in [4.78, 5) is 4.02. The minimum Gasteiger partial charge on any atom is -0.493 e. The second-order valence-corrected chi connectivity index (χ2v) is 3.80. The maximum Gasteiger partial charge on any atom is 0.161 e. The Bertz CT molecular complexity index is 556. The molecule has 1 N–H and O–H groups in total. The molecule has 1 aromatic carbocycles. The van der Waals surface area contributed by atoms with Gasteiger partial charge in [-0.2, -0.15) is 0 Å². The Morgan fingerprint density at radius 3 is 2.89 bits per heavy atom. The zero-order chi connectivity index (χ0) is 13.5. The molecule has 0 aliphatic rings. The minimum atomic E-state index is 0.414. The normalized spacial score (nSPS) is 10.6. The SMILES string of the molecule is COc1cc(/C=N/O)ccc1OCc1cccnc1. The van der Waals surface area contributed by atoms with Gasteiger partial charge in [-0.15, -0.1) is 0 Å². The fourth-order valence-electron chi connectivity index (χ4n) is 1.59. The lowest BCUT2D eigenvalue weighted by Crippen LogP contribution is -1.98. The van der Waals surface area contributed by atoms with Crippen molar-refractivity contribution in [3.63, 3.8) is 0 Å². The number of rotatable bonds is 5. The predicted molar refractivity (Wildman–Crippen MR) is 70.9 cm³/mol. The van der Waals surface area contributed by atoms with Crippen LogP contribution in [0, 0.1) is 0 Å². The van der Waals surface area contributed by atoms with Crippen molar-refractivity contribution in [3.8, 4) is 11.5 Å². The van der Waals surface area contributed by atoms with Crippen LogP contribution in [0.1, 0.15) is 11.1 Å². The molecule has 0 unspecified atom stereocenters. The maximum absolute atomic E-state index is 8.50. The van der Waals surface area contributed by atoms with Gasteiger partial charge in [0.25, 0.3) is 0 Å². The number of nitrogens with zero attached hydrogens (tertiary/aromatic N) is 2. The standard InChI is InChI=1S/C14H14N2O3/c1-18-14-7-11(9-16-17)4-5-13(14)19-10-12-3-2-6-15-8-12/h2-9,17H,10H2,1H3/b16-9+. The highest BCUT2D eigenvalue weighted by Gasteiger charge is 2.05. The van der Waals surface area contributed by atoms with Crippen molar-refractivity contribution in [1.82, 2.24) is 4.98 Å². The maximum atomic E-state index is 8.50. The molecule has 5 heteroatoms. The van der Waals surface area contributed by atoms with Crippen molar-refractivity contribution in [2.45, 2.75) is 6.61 Å². The van der Waals surface area contributed by atoms with E-state index in [2.05, 4.69) is 10.1 Å². The minimum absolute atomic E-state index is 0.414. The number of pyridine rings is 1. The van der Waals surface area contributed by atoms with E-state index in [9.17, 15) is 0 Å². The lowest BCUT2D eigenvalue weighted by Gasteiger charge is -2.11. The smallest absolute Gasteiger partial charge is 0.161 e. The molecule has 19 heavy (non-hydrogen) atoms. The fourth-order valence-corrected chi connectivity index (χ4v) is 1.59. The van der Waals surface area contributed by atoms with Crippen molar-refractivity contribution in [1.29, 1.82) is 0 Å². The molecule has 2 aromatic rings. The molecule has 0 saturated heterocycles. The molecular weight excluding hydrogens is 244 g/mol. The molecule has 0 amide bonds. The van der Waals surface area contributed by atoms with Crippen molar-refractivity contribution in [3.05, 3.63) is 53.9 Å². The van der Waals surface area contributed by atoms with Gasteiger partial charge in [-0.05, 0) is 24.3 Å². The highest BCUT2D eigenvalue weighted by atomic mass is 16.5. The van der Waals surface area contributed by atoms with Gasteiger partial charge in [0.2, 0.25) is 0 Å². The molecule has 0 fully saturated rings.